The molecule has 0 atom stereocenters. The van der Waals surface area contributed by atoms with E-state index in [-0.39, 0.29) is 6.54 Å². The third-order valence-corrected chi connectivity index (χ3v) is 2.09. The normalized spacial score (nSPS) is 8.94. The van der Waals surface area contributed by atoms with Crippen LogP contribution < -0.4 is 5.32 Å². The number of aryl methyl sites for hydroxylation is 1. The van der Waals surface area contributed by atoms with Gasteiger partial charge in [-0.1, -0.05) is 19.9 Å². The Morgan fingerprint density at radius 3 is 2.41 bits per heavy atom. The van der Waals surface area contributed by atoms with E-state index < -0.39 is 5.97 Å². The number of carbonyl (C=O) groups is 1. The van der Waals surface area contributed by atoms with Crippen molar-refractivity contribution >= 4 is 17.4 Å². The van der Waals surface area contributed by atoms with Crippen LogP contribution in [0, 0.1) is 12.3 Å². The fourth-order valence-electron chi connectivity index (χ4n) is 1.27. The Hall–Kier alpha value is -1.84. The van der Waals surface area contributed by atoms with Crippen molar-refractivity contribution in [1.82, 2.24) is 0 Å². The van der Waals surface area contributed by atoms with E-state index in [9.17, 15) is 4.79 Å². The first-order valence-corrected chi connectivity index (χ1v) is 5.62. The fourth-order valence-corrected chi connectivity index (χ4v) is 1.27. The molecule has 0 saturated carbocycles. The Morgan fingerprint density at radius 1 is 1.41 bits per heavy atom. The van der Waals surface area contributed by atoms with Crippen LogP contribution >= 0.6 is 0 Å². The summed E-state index contributed by atoms with van der Waals surface area (Å²) in [6.07, 6.45) is 0. The number of carboxylic acids is 1. The number of aliphatic carboxylic acids is 1. The second-order valence-corrected chi connectivity index (χ2v) is 3.40. The molecular weight excluding hydrogens is 216 g/mol. The summed E-state index contributed by atoms with van der Waals surface area (Å²) < 4.78 is 0. The second kappa shape index (κ2) is 7.44. The quantitative estimate of drug-likeness (QED) is 0.704. The SMILES string of the molecule is CC.CC(=N)c1ccc(NCC(=O)O)c(C)c1. The van der Waals surface area contributed by atoms with Gasteiger partial charge in [-0.25, -0.2) is 0 Å². The van der Waals surface area contributed by atoms with E-state index >= 15 is 0 Å². The summed E-state index contributed by atoms with van der Waals surface area (Å²) in [5.74, 6) is -0.887. The lowest BCUT2D eigenvalue weighted by molar-refractivity contribution is -0.134. The molecule has 0 aliphatic rings. The minimum absolute atomic E-state index is 0.0935. The Bertz CT molecular complexity index is 400. The molecule has 4 nitrogen and oxygen atoms in total. The third kappa shape index (κ3) is 5.15. The van der Waals surface area contributed by atoms with Crippen molar-refractivity contribution in [2.75, 3.05) is 11.9 Å². The van der Waals surface area contributed by atoms with E-state index in [1.54, 1.807) is 19.1 Å². The van der Waals surface area contributed by atoms with Crippen LogP contribution in [0.15, 0.2) is 18.2 Å². The summed E-state index contributed by atoms with van der Waals surface area (Å²) in [5, 5.41) is 18.8. The minimum Gasteiger partial charge on any atom is -0.480 e. The van der Waals surface area contributed by atoms with Crippen molar-refractivity contribution in [2.24, 2.45) is 0 Å². The molecule has 1 aromatic rings. The average Bonchev–Trinajstić information content (AvgIpc) is 2.29. The van der Waals surface area contributed by atoms with Crippen LogP contribution in [0.3, 0.4) is 0 Å². The number of nitrogens with one attached hydrogen (secondary N) is 2. The maximum absolute atomic E-state index is 10.4. The molecule has 0 saturated heterocycles. The van der Waals surface area contributed by atoms with Crippen molar-refractivity contribution in [3.63, 3.8) is 0 Å². The fraction of sp³-hybridized carbons (Fsp3) is 0.385. The van der Waals surface area contributed by atoms with Gasteiger partial charge in [0.05, 0.1) is 0 Å². The van der Waals surface area contributed by atoms with Crippen molar-refractivity contribution in [1.29, 1.82) is 5.41 Å². The number of carboxylic acid groups (broad SMARTS) is 1. The van der Waals surface area contributed by atoms with Gasteiger partial charge in [-0.3, -0.25) is 4.79 Å². The number of hydrogen-bond donors (Lipinski definition) is 3. The van der Waals surface area contributed by atoms with Gasteiger partial charge in [0.2, 0.25) is 0 Å². The molecule has 0 bridgehead atoms. The second-order valence-electron chi connectivity index (χ2n) is 3.40. The zero-order chi connectivity index (χ0) is 13.4. The van der Waals surface area contributed by atoms with Crippen LogP contribution in [-0.2, 0) is 4.79 Å². The summed E-state index contributed by atoms with van der Waals surface area (Å²) in [6, 6.07) is 5.47. The van der Waals surface area contributed by atoms with E-state index in [0.717, 1.165) is 16.8 Å². The highest BCUT2D eigenvalue weighted by Crippen LogP contribution is 2.16. The van der Waals surface area contributed by atoms with E-state index in [1.807, 2.05) is 26.8 Å². The summed E-state index contributed by atoms with van der Waals surface area (Å²) in [5.41, 5.74) is 3.10. The molecular formula is C13H20N2O2. The van der Waals surface area contributed by atoms with Gasteiger partial charge in [0.25, 0.3) is 0 Å². The lowest BCUT2D eigenvalue weighted by Gasteiger charge is -2.08. The van der Waals surface area contributed by atoms with Gasteiger partial charge in [0.1, 0.15) is 6.54 Å². The van der Waals surface area contributed by atoms with Crippen molar-refractivity contribution in [3.8, 4) is 0 Å². The molecule has 0 aliphatic heterocycles. The Kier molecular flexibility index (Phi) is 6.63. The minimum atomic E-state index is -0.887. The molecule has 94 valence electrons. The average molecular weight is 236 g/mol. The van der Waals surface area contributed by atoms with Crippen LogP contribution in [0.1, 0.15) is 31.9 Å². The maximum atomic E-state index is 10.4. The van der Waals surface area contributed by atoms with Crippen LogP contribution in [0.4, 0.5) is 5.69 Å². The molecule has 3 N–H and O–H groups in total. The van der Waals surface area contributed by atoms with Gasteiger partial charge in [-0.2, -0.15) is 0 Å². The lowest BCUT2D eigenvalue weighted by Crippen LogP contribution is -2.13. The highest BCUT2D eigenvalue weighted by atomic mass is 16.4. The molecule has 0 fully saturated rings. The molecule has 0 heterocycles. The topological polar surface area (TPSA) is 73.2 Å². The van der Waals surface area contributed by atoms with Crippen molar-refractivity contribution in [2.45, 2.75) is 27.7 Å². The van der Waals surface area contributed by atoms with Crippen LogP contribution in [0.25, 0.3) is 0 Å². The number of rotatable bonds is 4. The molecule has 0 aliphatic carbocycles. The third-order valence-electron chi connectivity index (χ3n) is 2.09. The molecule has 0 radical (unpaired) electrons. The molecule has 0 unspecified atom stereocenters. The molecule has 4 heteroatoms. The van der Waals surface area contributed by atoms with Crippen LogP contribution in [-0.4, -0.2) is 23.3 Å². The summed E-state index contributed by atoms with van der Waals surface area (Å²) in [4.78, 5) is 10.4. The van der Waals surface area contributed by atoms with Gasteiger partial charge in [0, 0.05) is 11.4 Å². The summed E-state index contributed by atoms with van der Waals surface area (Å²) in [6.45, 7) is 7.51. The zero-order valence-corrected chi connectivity index (χ0v) is 10.8. The molecule has 1 rings (SSSR count). The Morgan fingerprint density at radius 2 is 2.00 bits per heavy atom. The molecule has 0 amide bonds. The number of benzene rings is 1. The first-order chi connectivity index (χ1) is 8.00. The first kappa shape index (κ1) is 15.2. The van der Waals surface area contributed by atoms with Crippen LogP contribution in [0.2, 0.25) is 0 Å². The summed E-state index contributed by atoms with van der Waals surface area (Å²) in [7, 11) is 0. The van der Waals surface area contributed by atoms with Gasteiger partial charge < -0.3 is 15.8 Å². The van der Waals surface area contributed by atoms with E-state index in [1.165, 1.54) is 0 Å². The van der Waals surface area contributed by atoms with Gasteiger partial charge in [-0.05, 0) is 37.1 Å². The Labute approximate surface area is 102 Å². The first-order valence-electron chi connectivity index (χ1n) is 5.62. The smallest absolute Gasteiger partial charge is 0.322 e. The van der Waals surface area contributed by atoms with Gasteiger partial charge >= 0.3 is 5.97 Å². The largest absolute Gasteiger partial charge is 0.480 e. The van der Waals surface area contributed by atoms with Crippen LogP contribution in [0.5, 0.6) is 0 Å². The number of anilines is 1. The van der Waals surface area contributed by atoms with E-state index in [2.05, 4.69) is 5.32 Å². The molecule has 17 heavy (non-hydrogen) atoms. The molecule has 1 aromatic carbocycles. The Balaban J connectivity index is 0.00000121. The zero-order valence-electron chi connectivity index (χ0n) is 10.8. The summed E-state index contributed by atoms with van der Waals surface area (Å²) >= 11 is 0. The highest BCUT2D eigenvalue weighted by molar-refractivity contribution is 5.96. The lowest BCUT2D eigenvalue weighted by atomic mass is 10.1. The number of hydrogen-bond acceptors (Lipinski definition) is 3. The van der Waals surface area contributed by atoms with Gasteiger partial charge in [-0.15, -0.1) is 0 Å². The monoisotopic (exact) mass is 236 g/mol. The van der Waals surface area contributed by atoms with Gasteiger partial charge in [0.15, 0.2) is 0 Å². The van der Waals surface area contributed by atoms with Crippen molar-refractivity contribution < 1.29 is 9.90 Å². The standard InChI is InChI=1S/C11H14N2O2.C2H6/c1-7-5-9(8(2)12)3-4-10(7)13-6-11(14)15;1-2/h3-5,12-13H,6H2,1-2H3,(H,14,15);1-2H3. The van der Waals surface area contributed by atoms with Crippen molar-refractivity contribution in [3.05, 3.63) is 29.3 Å². The predicted molar refractivity (Wildman–Crippen MR) is 71.2 cm³/mol. The highest BCUT2D eigenvalue weighted by Gasteiger charge is 2.02. The molecule has 0 spiro atoms. The van der Waals surface area contributed by atoms with E-state index in [0.29, 0.717) is 5.71 Å². The maximum Gasteiger partial charge on any atom is 0.322 e. The predicted octanol–water partition coefficient (Wildman–Crippen LogP) is 2.91. The molecule has 0 aromatic heterocycles. The van der Waals surface area contributed by atoms with E-state index in [4.69, 9.17) is 10.5 Å².